The minimum absolute atomic E-state index is 0.0654. The molecule has 0 radical (unpaired) electrons. The van der Waals surface area contributed by atoms with Gasteiger partial charge in [0.2, 0.25) is 5.91 Å². The molecule has 1 fully saturated rings. The molecule has 15 heavy (non-hydrogen) atoms. The average molecular weight is 210 g/mol. The van der Waals surface area contributed by atoms with Gasteiger partial charge in [0.15, 0.2) is 0 Å². The highest BCUT2D eigenvalue weighted by molar-refractivity contribution is 5.76. The summed E-state index contributed by atoms with van der Waals surface area (Å²) < 4.78 is 1.44. The van der Waals surface area contributed by atoms with Crippen molar-refractivity contribution >= 4 is 5.91 Å². The van der Waals surface area contributed by atoms with Gasteiger partial charge >= 0.3 is 0 Å². The monoisotopic (exact) mass is 210 g/mol. The van der Waals surface area contributed by atoms with Crippen LogP contribution in [0.2, 0.25) is 0 Å². The van der Waals surface area contributed by atoms with Crippen molar-refractivity contribution in [1.82, 2.24) is 30.4 Å². The quantitative estimate of drug-likeness (QED) is 0.642. The highest BCUT2D eigenvalue weighted by Gasteiger charge is 2.20. The number of aromatic nitrogens is 4. The maximum atomic E-state index is 11.8. The number of amides is 1. The summed E-state index contributed by atoms with van der Waals surface area (Å²) in [6, 6.07) is 0.358. The lowest BCUT2D eigenvalue weighted by Crippen LogP contribution is -2.52. The lowest BCUT2D eigenvalue weighted by molar-refractivity contribution is -0.133. The molecule has 1 saturated heterocycles. The van der Waals surface area contributed by atoms with Crippen LogP contribution in [-0.2, 0) is 11.3 Å². The van der Waals surface area contributed by atoms with E-state index in [1.54, 1.807) is 0 Å². The molecule has 1 amide bonds. The molecule has 0 spiro atoms. The Bertz CT molecular complexity index is 324. The fourth-order valence-corrected chi connectivity index (χ4v) is 1.65. The zero-order valence-electron chi connectivity index (χ0n) is 8.63. The summed E-state index contributed by atoms with van der Waals surface area (Å²) in [6.45, 7) is 4.64. The SMILES string of the molecule is C[C@@H]1CN(C(=O)Cn2cnnn2)CCN1. The highest BCUT2D eigenvalue weighted by Crippen LogP contribution is 2.00. The minimum Gasteiger partial charge on any atom is -0.338 e. The van der Waals surface area contributed by atoms with E-state index < -0.39 is 0 Å². The third-order valence-electron chi connectivity index (χ3n) is 2.41. The van der Waals surface area contributed by atoms with Crippen LogP contribution in [0.4, 0.5) is 0 Å². The van der Waals surface area contributed by atoms with Gasteiger partial charge in [-0.2, -0.15) is 0 Å². The molecule has 2 rings (SSSR count). The van der Waals surface area contributed by atoms with E-state index in [1.807, 2.05) is 4.90 Å². The summed E-state index contributed by atoms with van der Waals surface area (Å²) in [7, 11) is 0. The van der Waals surface area contributed by atoms with Crippen molar-refractivity contribution in [3.8, 4) is 0 Å². The molecular weight excluding hydrogens is 196 g/mol. The van der Waals surface area contributed by atoms with Gasteiger partial charge < -0.3 is 10.2 Å². The zero-order valence-corrected chi connectivity index (χ0v) is 8.63. The largest absolute Gasteiger partial charge is 0.338 e. The zero-order chi connectivity index (χ0) is 10.7. The molecule has 82 valence electrons. The third kappa shape index (κ3) is 2.50. The average Bonchev–Trinajstić information content (AvgIpc) is 2.70. The second-order valence-electron chi connectivity index (χ2n) is 3.70. The van der Waals surface area contributed by atoms with Crippen LogP contribution in [0, 0.1) is 0 Å². The van der Waals surface area contributed by atoms with Gasteiger partial charge in [0.05, 0.1) is 0 Å². The lowest BCUT2D eigenvalue weighted by atomic mass is 10.2. The molecule has 1 atom stereocenters. The second kappa shape index (κ2) is 4.35. The first-order chi connectivity index (χ1) is 7.25. The number of nitrogens with zero attached hydrogens (tertiary/aromatic N) is 5. The number of carbonyl (C=O) groups is 1. The summed E-state index contributed by atoms with van der Waals surface area (Å²) in [6.07, 6.45) is 1.45. The third-order valence-corrected chi connectivity index (χ3v) is 2.41. The molecule has 0 aliphatic carbocycles. The molecule has 1 aliphatic heterocycles. The molecule has 0 unspecified atom stereocenters. The van der Waals surface area contributed by atoms with E-state index in [2.05, 4.69) is 27.8 Å². The molecule has 0 aromatic carbocycles. The van der Waals surface area contributed by atoms with Crippen LogP contribution in [0.5, 0.6) is 0 Å². The van der Waals surface area contributed by atoms with Gasteiger partial charge in [-0.25, -0.2) is 4.68 Å². The van der Waals surface area contributed by atoms with Gasteiger partial charge in [-0.3, -0.25) is 4.79 Å². The first-order valence-corrected chi connectivity index (χ1v) is 4.97. The van der Waals surface area contributed by atoms with E-state index >= 15 is 0 Å². The maximum absolute atomic E-state index is 11.8. The van der Waals surface area contributed by atoms with E-state index in [0.717, 1.165) is 19.6 Å². The number of hydrogen-bond donors (Lipinski definition) is 1. The fourth-order valence-electron chi connectivity index (χ4n) is 1.65. The summed E-state index contributed by atoms with van der Waals surface area (Å²) in [5.41, 5.74) is 0. The second-order valence-corrected chi connectivity index (χ2v) is 3.70. The summed E-state index contributed by atoms with van der Waals surface area (Å²) in [5, 5.41) is 13.9. The molecule has 7 heteroatoms. The Morgan fingerprint density at radius 1 is 1.67 bits per heavy atom. The Hall–Kier alpha value is -1.50. The van der Waals surface area contributed by atoms with Crippen molar-refractivity contribution in [1.29, 1.82) is 0 Å². The standard InChI is InChI=1S/C8H14N6O/c1-7-4-13(3-2-9-7)8(15)5-14-6-10-11-12-14/h6-7,9H,2-5H2,1H3/t7-/m1/s1. The predicted molar refractivity (Wildman–Crippen MR) is 51.9 cm³/mol. The van der Waals surface area contributed by atoms with Gasteiger partial charge in [-0.05, 0) is 17.4 Å². The summed E-state index contributed by atoms with van der Waals surface area (Å²) in [4.78, 5) is 13.6. The van der Waals surface area contributed by atoms with Crippen molar-refractivity contribution in [3.05, 3.63) is 6.33 Å². The smallest absolute Gasteiger partial charge is 0.244 e. The van der Waals surface area contributed by atoms with Crippen LogP contribution in [-0.4, -0.2) is 56.7 Å². The van der Waals surface area contributed by atoms with E-state index in [9.17, 15) is 4.79 Å². The predicted octanol–water partition coefficient (Wildman–Crippen LogP) is -1.51. The minimum atomic E-state index is 0.0654. The van der Waals surface area contributed by atoms with Crippen LogP contribution in [0.3, 0.4) is 0 Å². The van der Waals surface area contributed by atoms with Gasteiger partial charge in [0, 0.05) is 25.7 Å². The number of hydrogen-bond acceptors (Lipinski definition) is 5. The fraction of sp³-hybridized carbons (Fsp3) is 0.750. The number of nitrogens with one attached hydrogen (secondary N) is 1. The van der Waals surface area contributed by atoms with Crippen LogP contribution < -0.4 is 5.32 Å². The van der Waals surface area contributed by atoms with Crippen molar-refractivity contribution in [2.75, 3.05) is 19.6 Å². The van der Waals surface area contributed by atoms with Gasteiger partial charge in [-0.1, -0.05) is 0 Å². The first-order valence-electron chi connectivity index (χ1n) is 4.97. The van der Waals surface area contributed by atoms with Crippen molar-refractivity contribution < 1.29 is 4.79 Å². The Labute approximate surface area is 87.4 Å². The Morgan fingerprint density at radius 3 is 3.20 bits per heavy atom. The molecule has 7 nitrogen and oxygen atoms in total. The van der Waals surface area contributed by atoms with Gasteiger partial charge in [0.1, 0.15) is 12.9 Å². The van der Waals surface area contributed by atoms with Crippen LogP contribution in [0.1, 0.15) is 6.92 Å². The highest BCUT2D eigenvalue weighted by atomic mass is 16.2. The number of carbonyl (C=O) groups excluding carboxylic acids is 1. The van der Waals surface area contributed by atoms with Gasteiger partial charge in [0.25, 0.3) is 0 Å². The van der Waals surface area contributed by atoms with Crippen LogP contribution in [0.15, 0.2) is 6.33 Å². The molecule has 2 heterocycles. The van der Waals surface area contributed by atoms with Gasteiger partial charge in [-0.15, -0.1) is 5.10 Å². The van der Waals surface area contributed by atoms with E-state index in [1.165, 1.54) is 11.0 Å². The molecular formula is C8H14N6O. The summed E-state index contributed by atoms with van der Waals surface area (Å²) >= 11 is 0. The van der Waals surface area contributed by atoms with Crippen molar-refractivity contribution in [3.63, 3.8) is 0 Å². The molecule has 0 saturated carbocycles. The Morgan fingerprint density at radius 2 is 2.53 bits per heavy atom. The number of piperazine rings is 1. The lowest BCUT2D eigenvalue weighted by Gasteiger charge is -2.31. The molecule has 1 aromatic rings. The molecule has 0 bridgehead atoms. The Kier molecular flexibility index (Phi) is 2.91. The van der Waals surface area contributed by atoms with E-state index in [-0.39, 0.29) is 12.5 Å². The topological polar surface area (TPSA) is 75.9 Å². The number of tetrazole rings is 1. The molecule has 1 aromatic heterocycles. The van der Waals surface area contributed by atoms with E-state index in [0.29, 0.717) is 6.04 Å². The summed E-state index contributed by atoms with van der Waals surface area (Å²) in [5.74, 6) is 0.0654. The Balaban J connectivity index is 1.90. The first kappa shape index (κ1) is 10.0. The van der Waals surface area contributed by atoms with Crippen LogP contribution >= 0.6 is 0 Å². The van der Waals surface area contributed by atoms with Crippen molar-refractivity contribution in [2.45, 2.75) is 19.5 Å². The van der Waals surface area contributed by atoms with E-state index in [4.69, 9.17) is 0 Å². The molecule has 1 N–H and O–H groups in total. The maximum Gasteiger partial charge on any atom is 0.244 e. The normalized spacial score (nSPS) is 21.7. The number of rotatable bonds is 2. The molecule has 1 aliphatic rings. The van der Waals surface area contributed by atoms with Crippen molar-refractivity contribution in [2.24, 2.45) is 0 Å². The van der Waals surface area contributed by atoms with Crippen LogP contribution in [0.25, 0.3) is 0 Å².